The average molecular weight is 316 g/mol. The topological polar surface area (TPSA) is 75.9 Å². The van der Waals surface area contributed by atoms with Gasteiger partial charge in [-0.3, -0.25) is 0 Å². The van der Waals surface area contributed by atoms with Gasteiger partial charge in [0.1, 0.15) is 23.2 Å². The van der Waals surface area contributed by atoms with E-state index >= 15 is 0 Å². The van der Waals surface area contributed by atoms with Crippen molar-refractivity contribution in [1.82, 2.24) is 15.1 Å². The van der Waals surface area contributed by atoms with Gasteiger partial charge in [-0.1, -0.05) is 28.9 Å². The fourth-order valence-electron chi connectivity index (χ4n) is 1.95. The molecule has 3 aromatic rings. The Hall–Kier alpha value is -2.60. The van der Waals surface area contributed by atoms with Crippen molar-refractivity contribution in [2.24, 2.45) is 0 Å². The molecule has 3 rings (SSSR count). The molecule has 0 radical (unpaired) electrons. The van der Waals surface area contributed by atoms with Gasteiger partial charge in [0.15, 0.2) is 5.82 Å². The minimum absolute atomic E-state index is 0.597. The third-order valence-corrected chi connectivity index (χ3v) is 3.19. The molecule has 2 aromatic heterocycles. The zero-order valence-electron chi connectivity index (χ0n) is 12.1. The van der Waals surface area contributed by atoms with Crippen molar-refractivity contribution in [2.45, 2.75) is 13.8 Å². The van der Waals surface area contributed by atoms with E-state index in [0.717, 1.165) is 11.4 Å². The predicted octanol–water partition coefficient (Wildman–Crippen LogP) is 4.22. The zero-order valence-corrected chi connectivity index (χ0v) is 12.8. The van der Waals surface area contributed by atoms with Crippen molar-refractivity contribution < 1.29 is 4.52 Å². The van der Waals surface area contributed by atoms with E-state index in [0.29, 0.717) is 28.3 Å². The minimum Gasteiger partial charge on any atom is -0.360 e. The van der Waals surface area contributed by atoms with E-state index in [4.69, 9.17) is 16.1 Å². The van der Waals surface area contributed by atoms with Crippen LogP contribution in [0.3, 0.4) is 0 Å². The molecule has 2 heterocycles. The SMILES string of the molecule is Cc1nc(Nc2cc(C)on2)cc(Nc2ccccc2Cl)n1. The van der Waals surface area contributed by atoms with E-state index < -0.39 is 0 Å². The minimum atomic E-state index is 0.597. The fraction of sp³-hybridized carbons (Fsp3) is 0.133. The number of benzene rings is 1. The molecule has 6 nitrogen and oxygen atoms in total. The van der Waals surface area contributed by atoms with E-state index in [1.54, 1.807) is 12.1 Å². The van der Waals surface area contributed by atoms with Crippen LogP contribution in [0.1, 0.15) is 11.6 Å². The highest BCUT2D eigenvalue weighted by Gasteiger charge is 2.07. The molecule has 0 atom stereocenters. The number of nitrogens with zero attached hydrogens (tertiary/aromatic N) is 3. The van der Waals surface area contributed by atoms with Gasteiger partial charge in [-0.15, -0.1) is 0 Å². The molecule has 0 unspecified atom stereocenters. The summed E-state index contributed by atoms with van der Waals surface area (Å²) in [5, 5.41) is 10.8. The number of aryl methyl sites for hydroxylation is 2. The molecule has 1 aromatic carbocycles. The van der Waals surface area contributed by atoms with E-state index in [-0.39, 0.29) is 0 Å². The second-order valence-corrected chi connectivity index (χ2v) is 5.15. The first kappa shape index (κ1) is 14.3. The summed E-state index contributed by atoms with van der Waals surface area (Å²) in [6.45, 7) is 3.64. The summed E-state index contributed by atoms with van der Waals surface area (Å²) < 4.78 is 5.02. The Morgan fingerprint density at radius 1 is 0.955 bits per heavy atom. The van der Waals surface area contributed by atoms with Crippen LogP contribution in [0.4, 0.5) is 23.1 Å². The van der Waals surface area contributed by atoms with Crippen LogP contribution in [0, 0.1) is 13.8 Å². The fourth-order valence-corrected chi connectivity index (χ4v) is 2.14. The Kier molecular flexibility index (Phi) is 3.93. The maximum absolute atomic E-state index is 6.14. The standard InChI is InChI=1S/C15H14ClN5O/c1-9-7-15(21-22-9)20-14-8-13(17-10(2)18-14)19-12-6-4-3-5-11(12)16/h3-8H,1-2H3,(H2,17,18,19,20,21). The molecule has 0 saturated carbocycles. The Bertz CT molecular complexity index is 802. The maximum Gasteiger partial charge on any atom is 0.175 e. The number of halogens is 1. The number of aromatic nitrogens is 3. The quantitative estimate of drug-likeness (QED) is 0.750. The number of hydrogen-bond acceptors (Lipinski definition) is 6. The van der Waals surface area contributed by atoms with Gasteiger partial charge in [0.25, 0.3) is 0 Å². The van der Waals surface area contributed by atoms with Crippen LogP contribution in [0.15, 0.2) is 40.9 Å². The lowest BCUT2D eigenvalue weighted by Gasteiger charge is -2.10. The highest BCUT2D eigenvalue weighted by molar-refractivity contribution is 6.33. The highest BCUT2D eigenvalue weighted by atomic mass is 35.5. The number of rotatable bonds is 4. The molecule has 112 valence electrons. The molecule has 0 aliphatic heterocycles. The molecular formula is C15H14ClN5O. The van der Waals surface area contributed by atoms with Crippen LogP contribution in [0.5, 0.6) is 0 Å². The number of nitrogens with one attached hydrogen (secondary N) is 2. The summed E-state index contributed by atoms with van der Waals surface area (Å²) >= 11 is 6.14. The lowest BCUT2D eigenvalue weighted by Crippen LogP contribution is -2.01. The zero-order chi connectivity index (χ0) is 15.5. The summed E-state index contributed by atoms with van der Waals surface area (Å²) in [6, 6.07) is 11.0. The molecule has 7 heteroatoms. The molecule has 0 spiro atoms. The van der Waals surface area contributed by atoms with Gasteiger partial charge >= 0.3 is 0 Å². The predicted molar refractivity (Wildman–Crippen MR) is 86.0 cm³/mol. The van der Waals surface area contributed by atoms with Gasteiger partial charge in [-0.05, 0) is 26.0 Å². The number of para-hydroxylation sites is 1. The van der Waals surface area contributed by atoms with Crippen molar-refractivity contribution >= 4 is 34.7 Å². The molecule has 0 aliphatic carbocycles. The first-order valence-electron chi connectivity index (χ1n) is 6.68. The highest BCUT2D eigenvalue weighted by Crippen LogP contribution is 2.25. The summed E-state index contributed by atoms with van der Waals surface area (Å²) in [4.78, 5) is 8.68. The van der Waals surface area contributed by atoms with Gasteiger partial charge in [-0.2, -0.15) is 0 Å². The molecule has 0 saturated heterocycles. The molecule has 2 N–H and O–H groups in total. The van der Waals surface area contributed by atoms with Gasteiger partial charge < -0.3 is 15.2 Å². The molecule has 0 bridgehead atoms. The maximum atomic E-state index is 6.14. The summed E-state index contributed by atoms with van der Waals surface area (Å²) in [5.74, 6) is 3.21. The Morgan fingerprint density at radius 3 is 2.36 bits per heavy atom. The molecule has 0 aliphatic rings. The smallest absolute Gasteiger partial charge is 0.175 e. The Morgan fingerprint density at radius 2 is 1.68 bits per heavy atom. The normalized spacial score (nSPS) is 10.5. The lowest BCUT2D eigenvalue weighted by atomic mass is 10.3. The van der Waals surface area contributed by atoms with Crippen molar-refractivity contribution in [3.05, 3.63) is 53.0 Å². The second-order valence-electron chi connectivity index (χ2n) is 4.74. The first-order valence-corrected chi connectivity index (χ1v) is 7.05. The van der Waals surface area contributed by atoms with E-state index in [2.05, 4.69) is 25.8 Å². The van der Waals surface area contributed by atoms with E-state index in [9.17, 15) is 0 Å². The van der Waals surface area contributed by atoms with Gasteiger partial charge in [-0.25, -0.2) is 9.97 Å². The Balaban J connectivity index is 1.85. The van der Waals surface area contributed by atoms with Crippen LogP contribution in [0.25, 0.3) is 0 Å². The lowest BCUT2D eigenvalue weighted by molar-refractivity contribution is 0.400. The van der Waals surface area contributed by atoms with E-state index in [1.807, 2.05) is 38.1 Å². The molecule has 0 fully saturated rings. The number of hydrogen-bond donors (Lipinski definition) is 2. The second kappa shape index (κ2) is 6.03. The third kappa shape index (κ3) is 3.35. The van der Waals surface area contributed by atoms with E-state index in [1.165, 1.54) is 0 Å². The summed E-state index contributed by atoms with van der Waals surface area (Å²) in [7, 11) is 0. The first-order chi connectivity index (χ1) is 10.6. The van der Waals surface area contributed by atoms with Crippen LogP contribution in [-0.2, 0) is 0 Å². The van der Waals surface area contributed by atoms with Gasteiger partial charge in [0, 0.05) is 12.1 Å². The van der Waals surface area contributed by atoms with Gasteiger partial charge in [0.05, 0.1) is 10.7 Å². The van der Waals surface area contributed by atoms with Crippen molar-refractivity contribution in [1.29, 1.82) is 0 Å². The molecule has 0 amide bonds. The van der Waals surface area contributed by atoms with Crippen LogP contribution >= 0.6 is 11.6 Å². The summed E-state index contributed by atoms with van der Waals surface area (Å²) in [6.07, 6.45) is 0. The van der Waals surface area contributed by atoms with Crippen molar-refractivity contribution in [3.8, 4) is 0 Å². The molecular weight excluding hydrogens is 302 g/mol. The van der Waals surface area contributed by atoms with Crippen LogP contribution in [-0.4, -0.2) is 15.1 Å². The number of anilines is 4. The van der Waals surface area contributed by atoms with Crippen LogP contribution < -0.4 is 10.6 Å². The third-order valence-electron chi connectivity index (χ3n) is 2.86. The summed E-state index contributed by atoms with van der Waals surface area (Å²) in [5.41, 5.74) is 0.783. The van der Waals surface area contributed by atoms with Crippen molar-refractivity contribution in [3.63, 3.8) is 0 Å². The van der Waals surface area contributed by atoms with Crippen LogP contribution in [0.2, 0.25) is 5.02 Å². The molecule has 22 heavy (non-hydrogen) atoms. The monoisotopic (exact) mass is 315 g/mol. The average Bonchev–Trinajstić information content (AvgIpc) is 2.86. The largest absolute Gasteiger partial charge is 0.360 e. The van der Waals surface area contributed by atoms with Gasteiger partial charge in [0.2, 0.25) is 0 Å². The van der Waals surface area contributed by atoms with Crippen molar-refractivity contribution in [2.75, 3.05) is 10.6 Å². The Labute approximate surface area is 132 Å².